The maximum absolute atomic E-state index is 15.2. The fraction of sp³-hybridized carbons (Fsp3) is 0.708. The number of benzene rings is 1. The lowest BCUT2D eigenvalue weighted by molar-refractivity contribution is -0.121. The number of aliphatic hydroxyl groups excluding tert-OH is 1. The zero-order chi connectivity index (χ0) is 21.2. The number of alkyl halides is 1. The normalized spacial score (nSPS) is 30.8. The molecule has 1 aromatic rings. The van der Waals surface area contributed by atoms with Crippen molar-refractivity contribution in [3.63, 3.8) is 0 Å². The number of nitrogens with one attached hydrogen (secondary N) is 2. The van der Waals surface area contributed by atoms with Crippen LogP contribution in [0.5, 0.6) is 0 Å². The Morgan fingerprint density at radius 1 is 1.16 bits per heavy atom. The minimum absolute atomic E-state index is 0. The van der Waals surface area contributed by atoms with Gasteiger partial charge in [-0.25, -0.2) is 4.39 Å². The maximum Gasteiger partial charge on any atom is 0.252 e. The Morgan fingerprint density at radius 2 is 1.87 bits per heavy atom. The van der Waals surface area contributed by atoms with Gasteiger partial charge >= 0.3 is 0 Å². The van der Waals surface area contributed by atoms with Crippen molar-refractivity contribution in [2.75, 3.05) is 26.2 Å². The van der Waals surface area contributed by atoms with Crippen molar-refractivity contribution >= 4 is 29.9 Å². The highest BCUT2D eigenvalue weighted by Gasteiger charge is 2.58. The number of aliphatic hydroxyl groups is 1. The van der Waals surface area contributed by atoms with E-state index < -0.39 is 5.67 Å². The maximum atomic E-state index is 15.2. The van der Waals surface area contributed by atoms with Gasteiger partial charge in [-0.3, -0.25) is 4.79 Å². The van der Waals surface area contributed by atoms with E-state index in [2.05, 4.69) is 10.6 Å². The molecule has 4 nitrogen and oxygen atoms in total. The van der Waals surface area contributed by atoms with Crippen LogP contribution < -0.4 is 10.6 Å². The lowest BCUT2D eigenvalue weighted by atomic mass is 9.48. The van der Waals surface area contributed by atoms with E-state index in [1.165, 1.54) is 6.42 Å². The summed E-state index contributed by atoms with van der Waals surface area (Å²) in [5.74, 6) is 0.837. The van der Waals surface area contributed by atoms with Gasteiger partial charge in [0, 0.05) is 13.2 Å². The summed E-state index contributed by atoms with van der Waals surface area (Å²) >= 11 is 6.33. The van der Waals surface area contributed by atoms with Gasteiger partial charge in [-0.2, -0.15) is 0 Å². The fourth-order valence-electron chi connectivity index (χ4n) is 6.55. The molecule has 4 aliphatic rings. The lowest BCUT2D eigenvalue weighted by Crippen LogP contribution is -2.57. The molecular formula is C24H35Cl2FN2O2. The minimum atomic E-state index is -1.00. The van der Waals surface area contributed by atoms with E-state index in [0.717, 1.165) is 63.6 Å². The highest BCUT2D eigenvalue weighted by molar-refractivity contribution is 6.33. The highest BCUT2D eigenvalue weighted by atomic mass is 35.5. The molecule has 0 saturated heterocycles. The number of carbonyl (C=O) groups excluding carboxylic acids is 1. The van der Waals surface area contributed by atoms with Crippen molar-refractivity contribution < 1.29 is 14.3 Å². The van der Waals surface area contributed by atoms with Crippen LogP contribution in [0.3, 0.4) is 0 Å². The number of aryl methyl sites for hydroxylation is 1. The molecule has 2 unspecified atom stereocenters. The van der Waals surface area contributed by atoms with Crippen LogP contribution in [0.15, 0.2) is 18.2 Å². The van der Waals surface area contributed by atoms with E-state index in [1.54, 1.807) is 6.07 Å². The van der Waals surface area contributed by atoms with E-state index in [9.17, 15) is 4.79 Å². The molecule has 31 heavy (non-hydrogen) atoms. The molecule has 1 amide bonds. The predicted octanol–water partition coefficient (Wildman–Crippen LogP) is 4.70. The Balaban J connectivity index is 0.00000272. The topological polar surface area (TPSA) is 61.4 Å². The van der Waals surface area contributed by atoms with Crippen LogP contribution in [0.1, 0.15) is 67.3 Å². The molecule has 1 aromatic carbocycles. The van der Waals surface area contributed by atoms with Crippen LogP contribution in [0.4, 0.5) is 4.39 Å². The van der Waals surface area contributed by atoms with Crippen molar-refractivity contribution in [2.24, 2.45) is 17.3 Å². The number of hydrogen-bond donors (Lipinski definition) is 3. The average molecular weight is 473 g/mol. The van der Waals surface area contributed by atoms with Gasteiger partial charge in [0.2, 0.25) is 0 Å². The first-order chi connectivity index (χ1) is 14.4. The molecule has 174 valence electrons. The smallest absolute Gasteiger partial charge is 0.252 e. The Bertz CT molecular complexity index is 762. The molecule has 0 spiro atoms. The molecule has 0 aromatic heterocycles. The van der Waals surface area contributed by atoms with Gasteiger partial charge in [-0.15, -0.1) is 12.4 Å². The summed E-state index contributed by atoms with van der Waals surface area (Å²) in [7, 11) is 0. The summed E-state index contributed by atoms with van der Waals surface area (Å²) in [6.45, 7) is 2.45. The second-order valence-electron chi connectivity index (χ2n) is 10.0. The van der Waals surface area contributed by atoms with Gasteiger partial charge in [-0.1, -0.05) is 17.7 Å². The quantitative estimate of drug-likeness (QED) is 0.432. The molecule has 0 heterocycles. The molecule has 0 aliphatic heterocycles. The van der Waals surface area contributed by atoms with Gasteiger partial charge < -0.3 is 15.7 Å². The molecule has 5 rings (SSSR count). The van der Waals surface area contributed by atoms with Gasteiger partial charge in [0.15, 0.2) is 0 Å². The number of halogens is 3. The van der Waals surface area contributed by atoms with E-state index >= 15 is 4.39 Å². The first-order valence-electron chi connectivity index (χ1n) is 11.5. The fourth-order valence-corrected chi connectivity index (χ4v) is 6.76. The third-order valence-electron chi connectivity index (χ3n) is 7.34. The Morgan fingerprint density at radius 3 is 2.55 bits per heavy atom. The second kappa shape index (κ2) is 10.4. The lowest BCUT2D eigenvalue weighted by Gasteiger charge is -2.59. The summed E-state index contributed by atoms with van der Waals surface area (Å²) < 4.78 is 15.2. The molecule has 0 radical (unpaired) electrons. The van der Waals surface area contributed by atoms with Gasteiger partial charge in [-0.05, 0) is 106 Å². The SMILES string of the molecule is Cl.O=C(NCC12CC3CC(CC(F)(C3)C1)C2)c1cc(CCCNCCCO)ccc1Cl. The van der Waals surface area contributed by atoms with E-state index in [0.29, 0.717) is 35.4 Å². The summed E-state index contributed by atoms with van der Waals surface area (Å²) in [5, 5.41) is 15.7. The summed E-state index contributed by atoms with van der Waals surface area (Å²) in [5.41, 5.74) is 0.532. The van der Waals surface area contributed by atoms with E-state index in [1.807, 2.05) is 12.1 Å². The average Bonchev–Trinajstić information content (AvgIpc) is 2.68. The number of carbonyl (C=O) groups is 1. The van der Waals surface area contributed by atoms with Gasteiger partial charge in [0.25, 0.3) is 5.91 Å². The van der Waals surface area contributed by atoms with E-state index in [-0.39, 0.29) is 30.3 Å². The molecule has 4 aliphatic carbocycles. The van der Waals surface area contributed by atoms with Crippen molar-refractivity contribution in [3.8, 4) is 0 Å². The van der Waals surface area contributed by atoms with Gasteiger partial charge in [0.05, 0.1) is 10.6 Å². The first-order valence-corrected chi connectivity index (χ1v) is 11.9. The van der Waals surface area contributed by atoms with Crippen LogP contribution >= 0.6 is 24.0 Å². The first kappa shape index (κ1) is 24.8. The molecule has 2 atom stereocenters. The number of rotatable bonds is 10. The van der Waals surface area contributed by atoms with Crippen LogP contribution in [0.2, 0.25) is 5.02 Å². The summed E-state index contributed by atoms with van der Waals surface area (Å²) in [4.78, 5) is 12.9. The van der Waals surface area contributed by atoms with Gasteiger partial charge in [0.1, 0.15) is 5.67 Å². The predicted molar refractivity (Wildman–Crippen MR) is 125 cm³/mol. The Hall–Kier alpha value is -0.880. The molecule has 7 heteroatoms. The Labute approximate surface area is 196 Å². The monoisotopic (exact) mass is 472 g/mol. The molecule has 4 fully saturated rings. The highest BCUT2D eigenvalue weighted by Crippen LogP contribution is 2.62. The van der Waals surface area contributed by atoms with Crippen LogP contribution in [-0.4, -0.2) is 42.9 Å². The standard InChI is InChI=1S/C24H34ClFN2O2.ClH/c25-21-5-4-17(3-1-6-27-7-2-8-29)10-20(21)22(30)28-16-23-11-18-9-19(12-23)14-24(26,13-18)15-23;/h4-5,10,18-19,27,29H,1-3,6-9,11-16H2,(H,28,30);1H. The zero-order valence-corrected chi connectivity index (χ0v) is 19.7. The molecular weight excluding hydrogens is 438 g/mol. The van der Waals surface area contributed by atoms with Crippen LogP contribution in [0.25, 0.3) is 0 Å². The van der Waals surface area contributed by atoms with Crippen molar-refractivity contribution in [1.82, 2.24) is 10.6 Å². The third-order valence-corrected chi connectivity index (χ3v) is 7.67. The van der Waals surface area contributed by atoms with Crippen molar-refractivity contribution in [3.05, 3.63) is 34.3 Å². The third kappa shape index (κ3) is 5.93. The van der Waals surface area contributed by atoms with Crippen molar-refractivity contribution in [2.45, 2.75) is 63.5 Å². The minimum Gasteiger partial charge on any atom is -0.396 e. The van der Waals surface area contributed by atoms with Crippen molar-refractivity contribution in [1.29, 1.82) is 0 Å². The van der Waals surface area contributed by atoms with Crippen LogP contribution in [0, 0.1) is 17.3 Å². The molecule has 4 saturated carbocycles. The number of hydrogen-bond acceptors (Lipinski definition) is 3. The molecule has 4 bridgehead atoms. The summed E-state index contributed by atoms with van der Waals surface area (Å²) in [6.07, 6.45) is 7.90. The van der Waals surface area contributed by atoms with E-state index in [4.69, 9.17) is 16.7 Å². The zero-order valence-electron chi connectivity index (χ0n) is 18.1. The largest absolute Gasteiger partial charge is 0.396 e. The number of amides is 1. The van der Waals surface area contributed by atoms with Crippen LogP contribution in [-0.2, 0) is 6.42 Å². The summed E-state index contributed by atoms with van der Waals surface area (Å²) in [6, 6.07) is 5.66. The Kier molecular flexibility index (Phi) is 8.28. The second-order valence-corrected chi connectivity index (χ2v) is 10.4. The molecule has 3 N–H and O–H groups in total.